The molecular weight excluding hydrogens is 399 g/mol. The van der Waals surface area contributed by atoms with Crippen molar-refractivity contribution in [1.82, 2.24) is 0 Å². The zero-order chi connectivity index (χ0) is 16.2. The molecule has 3 aromatic carbocycles. The third-order valence-electron chi connectivity index (χ3n) is 3.79. The Morgan fingerprint density at radius 2 is 1.13 bits per heavy atom. The Balaban J connectivity index is 2.30. The quantitative estimate of drug-likeness (QED) is 0.513. The number of hydrogen-bond acceptors (Lipinski definition) is 2. The lowest BCUT2D eigenvalue weighted by molar-refractivity contribution is 0.416. The third kappa shape index (κ3) is 3.06. The van der Waals surface area contributed by atoms with Gasteiger partial charge >= 0.3 is 0 Å². The standard InChI is InChI=1S/C20H17IO2/c1-22-18-12-5-3-8-14(18)15-10-7-11-17(21)20(15)16-9-4-6-13-19(16)23-2/h3-13H,1-2H3. The molecule has 0 bridgehead atoms. The molecule has 116 valence electrons. The summed E-state index contributed by atoms with van der Waals surface area (Å²) in [7, 11) is 3.41. The van der Waals surface area contributed by atoms with Crippen molar-refractivity contribution in [3.63, 3.8) is 0 Å². The van der Waals surface area contributed by atoms with E-state index in [1.807, 2.05) is 36.4 Å². The average Bonchev–Trinajstić information content (AvgIpc) is 2.61. The highest BCUT2D eigenvalue weighted by Gasteiger charge is 2.16. The maximum Gasteiger partial charge on any atom is 0.126 e. The number of rotatable bonds is 4. The van der Waals surface area contributed by atoms with Crippen LogP contribution in [0.3, 0.4) is 0 Å². The SMILES string of the molecule is COc1ccccc1-c1cccc(I)c1-c1ccccc1OC. The monoisotopic (exact) mass is 416 g/mol. The van der Waals surface area contributed by atoms with E-state index in [-0.39, 0.29) is 0 Å². The summed E-state index contributed by atoms with van der Waals surface area (Å²) in [5.74, 6) is 1.73. The van der Waals surface area contributed by atoms with Gasteiger partial charge in [-0.3, -0.25) is 0 Å². The molecule has 23 heavy (non-hydrogen) atoms. The summed E-state index contributed by atoms with van der Waals surface area (Å²) in [6.07, 6.45) is 0. The number of methoxy groups -OCH3 is 2. The van der Waals surface area contributed by atoms with Crippen molar-refractivity contribution in [2.24, 2.45) is 0 Å². The number of ether oxygens (including phenoxy) is 2. The summed E-state index contributed by atoms with van der Waals surface area (Å²) in [6.45, 7) is 0. The zero-order valence-corrected chi connectivity index (χ0v) is 15.2. The second kappa shape index (κ2) is 7.04. The van der Waals surface area contributed by atoms with Crippen LogP contribution in [0.4, 0.5) is 0 Å². The van der Waals surface area contributed by atoms with Gasteiger partial charge in [0.05, 0.1) is 14.2 Å². The molecule has 3 rings (SSSR count). The fourth-order valence-electron chi connectivity index (χ4n) is 2.74. The minimum Gasteiger partial charge on any atom is -0.496 e. The lowest BCUT2D eigenvalue weighted by atomic mass is 9.93. The van der Waals surface area contributed by atoms with Crippen molar-refractivity contribution < 1.29 is 9.47 Å². The molecule has 0 aliphatic rings. The highest BCUT2D eigenvalue weighted by atomic mass is 127. The predicted octanol–water partition coefficient (Wildman–Crippen LogP) is 5.64. The molecule has 0 saturated carbocycles. The minimum atomic E-state index is 0.866. The first kappa shape index (κ1) is 15.9. The third-order valence-corrected chi connectivity index (χ3v) is 4.69. The van der Waals surface area contributed by atoms with Crippen LogP contribution in [-0.2, 0) is 0 Å². The first-order chi connectivity index (χ1) is 11.3. The van der Waals surface area contributed by atoms with Crippen LogP contribution in [0, 0.1) is 3.57 Å². The van der Waals surface area contributed by atoms with Crippen molar-refractivity contribution in [3.05, 3.63) is 70.3 Å². The van der Waals surface area contributed by atoms with Crippen molar-refractivity contribution in [2.75, 3.05) is 14.2 Å². The van der Waals surface area contributed by atoms with Crippen LogP contribution in [0.15, 0.2) is 66.7 Å². The van der Waals surface area contributed by atoms with Crippen molar-refractivity contribution in [3.8, 4) is 33.8 Å². The van der Waals surface area contributed by atoms with E-state index in [1.165, 1.54) is 3.57 Å². The highest BCUT2D eigenvalue weighted by Crippen LogP contribution is 2.42. The fourth-order valence-corrected chi connectivity index (χ4v) is 3.53. The Morgan fingerprint density at radius 3 is 1.78 bits per heavy atom. The van der Waals surface area contributed by atoms with E-state index in [0.29, 0.717) is 0 Å². The van der Waals surface area contributed by atoms with E-state index < -0.39 is 0 Å². The van der Waals surface area contributed by atoms with Gasteiger partial charge in [0.25, 0.3) is 0 Å². The van der Waals surface area contributed by atoms with Gasteiger partial charge in [0, 0.05) is 20.3 Å². The molecule has 0 saturated heterocycles. The molecule has 0 heterocycles. The number of hydrogen-bond donors (Lipinski definition) is 0. The maximum atomic E-state index is 5.57. The molecule has 0 amide bonds. The summed E-state index contributed by atoms with van der Waals surface area (Å²) >= 11 is 2.38. The van der Waals surface area contributed by atoms with E-state index in [0.717, 1.165) is 33.8 Å². The summed E-state index contributed by atoms with van der Waals surface area (Å²) in [5, 5.41) is 0. The van der Waals surface area contributed by atoms with Gasteiger partial charge < -0.3 is 9.47 Å². The Kier molecular flexibility index (Phi) is 4.86. The molecule has 2 nitrogen and oxygen atoms in total. The molecule has 0 aromatic heterocycles. The molecule has 0 aliphatic carbocycles. The zero-order valence-electron chi connectivity index (χ0n) is 13.0. The Bertz CT molecular complexity index is 827. The first-order valence-electron chi connectivity index (χ1n) is 7.31. The van der Waals surface area contributed by atoms with Crippen molar-refractivity contribution in [1.29, 1.82) is 0 Å². The van der Waals surface area contributed by atoms with Gasteiger partial charge in [-0.15, -0.1) is 0 Å². The van der Waals surface area contributed by atoms with E-state index in [9.17, 15) is 0 Å². The van der Waals surface area contributed by atoms with Crippen LogP contribution in [0.5, 0.6) is 11.5 Å². The van der Waals surface area contributed by atoms with Crippen LogP contribution in [0.25, 0.3) is 22.3 Å². The number of benzene rings is 3. The molecule has 0 unspecified atom stereocenters. The first-order valence-corrected chi connectivity index (χ1v) is 8.39. The highest BCUT2D eigenvalue weighted by molar-refractivity contribution is 14.1. The van der Waals surface area contributed by atoms with Crippen LogP contribution in [0.1, 0.15) is 0 Å². The number of para-hydroxylation sites is 2. The van der Waals surface area contributed by atoms with Crippen LogP contribution < -0.4 is 9.47 Å². The molecule has 0 spiro atoms. The average molecular weight is 416 g/mol. The van der Waals surface area contributed by atoms with Crippen molar-refractivity contribution in [2.45, 2.75) is 0 Å². The van der Waals surface area contributed by atoms with Gasteiger partial charge in [0.2, 0.25) is 0 Å². The summed E-state index contributed by atoms with van der Waals surface area (Å²) in [6, 6.07) is 22.5. The lowest BCUT2D eigenvalue weighted by Gasteiger charge is -2.17. The van der Waals surface area contributed by atoms with Gasteiger partial charge in [0.15, 0.2) is 0 Å². The molecule has 0 N–H and O–H groups in total. The Labute approximate surface area is 150 Å². The van der Waals surface area contributed by atoms with Gasteiger partial charge in [-0.05, 0) is 46.4 Å². The van der Waals surface area contributed by atoms with E-state index in [2.05, 4.69) is 52.9 Å². The molecule has 0 fully saturated rings. The largest absolute Gasteiger partial charge is 0.496 e. The summed E-state index contributed by atoms with van der Waals surface area (Å²) < 4.78 is 12.3. The van der Waals surface area contributed by atoms with E-state index in [4.69, 9.17) is 9.47 Å². The molecule has 0 radical (unpaired) electrons. The van der Waals surface area contributed by atoms with E-state index >= 15 is 0 Å². The molecular formula is C20H17IO2. The lowest BCUT2D eigenvalue weighted by Crippen LogP contribution is -1.94. The Hall–Kier alpha value is -2.01. The minimum absolute atomic E-state index is 0.866. The second-order valence-electron chi connectivity index (χ2n) is 5.06. The van der Waals surface area contributed by atoms with Crippen molar-refractivity contribution >= 4 is 22.6 Å². The second-order valence-corrected chi connectivity index (χ2v) is 6.23. The molecule has 3 aromatic rings. The fraction of sp³-hybridized carbons (Fsp3) is 0.100. The summed E-state index contributed by atoms with van der Waals surface area (Å²) in [4.78, 5) is 0. The van der Waals surface area contributed by atoms with Gasteiger partial charge in [-0.25, -0.2) is 0 Å². The maximum absolute atomic E-state index is 5.57. The molecule has 0 atom stereocenters. The van der Waals surface area contributed by atoms with Crippen LogP contribution >= 0.6 is 22.6 Å². The summed E-state index contributed by atoms with van der Waals surface area (Å²) in [5.41, 5.74) is 4.46. The van der Waals surface area contributed by atoms with Gasteiger partial charge in [-0.2, -0.15) is 0 Å². The smallest absolute Gasteiger partial charge is 0.126 e. The van der Waals surface area contributed by atoms with E-state index in [1.54, 1.807) is 14.2 Å². The predicted molar refractivity (Wildman–Crippen MR) is 103 cm³/mol. The normalized spacial score (nSPS) is 10.4. The molecule has 0 aliphatic heterocycles. The Morgan fingerprint density at radius 1 is 0.609 bits per heavy atom. The van der Waals surface area contributed by atoms with Gasteiger partial charge in [-0.1, -0.05) is 48.5 Å². The number of halogens is 1. The topological polar surface area (TPSA) is 18.5 Å². The van der Waals surface area contributed by atoms with Gasteiger partial charge in [0.1, 0.15) is 11.5 Å². The van der Waals surface area contributed by atoms with Crippen LogP contribution in [0.2, 0.25) is 0 Å². The molecule has 3 heteroatoms. The van der Waals surface area contributed by atoms with Crippen LogP contribution in [-0.4, -0.2) is 14.2 Å².